The van der Waals surface area contributed by atoms with E-state index in [1.807, 2.05) is 6.07 Å². The third-order valence-corrected chi connectivity index (χ3v) is 3.21. The van der Waals surface area contributed by atoms with Crippen LogP contribution in [0.4, 0.5) is 0 Å². The van der Waals surface area contributed by atoms with Crippen molar-refractivity contribution >= 4 is 62.8 Å². The molecule has 0 atom stereocenters. The van der Waals surface area contributed by atoms with E-state index in [2.05, 4.69) is 15.9 Å². The molecule has 0 saturated heterocycles. The van der Waals surface area contributed by atoms with Crippen molar-refractivity contribution in [1.29, 1.82) is 0 Å². The van der Waals surface area contributed by atoms with Gasteiger partial charge in [-0.05, 0) is 23.8 Å². The Bertz CT molecular complexity index is 554. The zero-order valence-corrected chi connectivity index (χ0v) is 13.7. The summed E-state index contributed by atoms with van der Waals surface area (Å²) in [6.07, 6.45) is 1.76. The second-order valence-electron chi connectivity index (χ2n) is 3.78. The number of ether oxygens (including phenoxy) is 3. The maximum absolute atomic E-state index is 11.3. The Labute approximate surface area is 138 Å². The number of benzene rings is 1. The van der Waals surface area contributed by atoms with Crippen molar-refractivity contribution in [2.75, 3.05) is 13.4 Å². The summed E-state index contributed by atoms with van der Waals surface area (Å²) in [5.41, 5.74) is 0.853. The summed E-state index contributed by atoms with van der Waals surface area (Å²) in [5.74, 6) is 0.428. The van der Waals surface area contributed by atoms with Crippen molar-refractivity contribution in [1.82, 2.24) is 0 Å². The Morgan fingerprint density at radius 1 is 1.35 bits per heavy atom. The topological polar surface area (TPSA) is 44.8 Å². The zero-order valence-electron chi connectivity index (χ0n) is 9.87. The van der Waals surface area contributed by atoms with Gasteiger partial charge in [0.05, 0.1) is 0 Å². The minimum absolute atomic E-state index is 0.0405. The highest BCUT2D eigenvalue weighted by Gasteiger charge is 2.32. The average Bonchev–Trinajstić information content (AvgIpc) is 2.82. The molecule has 0 fully saturated rings. The Morgan fingerprint density at radius 2 is 2.05 bits per heavy atom. The second-order valence-corrected chi connectivity index (χ2v) is 7.08. The van der Waals surface area contributed by atoms with Crippen LogP contribution in [0.2, 0.25) is 0 Å². The third-order valence-electron chi connectivity index (χ3n) is 2.29. The molecule has 2 rings (SSSR count). The maximum atomic E-state index is 11.3. The van der Waals surface area contributed by atoms with Crippen LogP contribution in [-0.2, 0) is 9.53 Å². The van der Waals surface area contributed by atoms with Crippen molar-refractivity contribution in [2.24, 2.45) is 0 Å². The number of hydrogen-bond acceptors (Lipinski definition) is 4. The molecule has 1 aromatic carbocycles. The molecule has 0 aliphatic carbocycles. The van der Waals surface area contributed by atoms with Gasteiger partial charge in [0.2, 0.25) is 6.79 Å². The third kappa shape index (κ3) is 4.19. The molecule has 1 aromatic rings. The highest BCUT2D eigenvalue weighted by Crippen LogP contribution is 2.33. The van der Waals surface area contributed by atoms with Crippen LogP contribution in [0, 0.1) is 0 Å². The second kappa shape index (κ2) is 6.43. The van der Waals surface area contributed by atoms with Crippen molar-refractivity contribution in [3.8, 4) is 11.5 Å². The summed E-state index contributed by atoms with van der Waals surface area (Å²) in [6.45, 7) is 0.172. The lowest BCUT2D eigenvalue weighted by Gasteiger charge is -2.10. The van der Waals surface area contributed by atoms with Crippen molar-refractivity contribution in [3.63, 3.8) is 0 Å². The number of fused-ring (bicyclic) bond motifs is 1. The Hall–Kier alpha value is -0.620. The van der Waals surface area contributed by atoms with Gasteiger partial charge in [-0.25, -0.2) is 4.79 Å². The molecule has 8 heteroatoms. The number of esters is 1. The molecular weight excluding hydrogens is 394 g/mol. The van der Waals surface area contributed by atoms with Gasteiger partial charge in [0.15, 0.2) is 11.5 Å². The lowest BCUT2D eigenvalue weighted by atomic mass is 10.2. The Balaban J connectivity index is 1.98. The molecule has 1 heterocycles. The fourth-order valence-corrected chi connectivity index (χ4v) is 1.98. The molecule has 108 valence electrons. The summed E-state index contributed by atoms with van der Waals surface area (Å²) < 4.78 is 13.8. The molecular formula is C12H8BrCl3O4. The van der Waals surface area contributed by atoms with Crippen LogP contribution in [0.25, 0.3) is 6.08 Å². The molecule has 0 unspecified atom stereocenters. The number of hydrogen-bond donors (Lipinski definition) is 0. The fraction of sp³-hybridized carbons (Fsp3) is 0.250. The molecule has 1 aliphatic rings. The van der Waals surface area contributed by atoms with Crippen LogP contribution in [0.3, 0.4) is 0 Å². The number of halogens is 4. The van der Waals surface area contributed by atoms with E-state index >= 15 is 0 Å². The average molecular weight is 402 g/mol. The first-order chi connectivity index (χ1) is 9.36. The molecule has 0 radical (unpaired) electrons. The largest absolute Gasteiger partial charge is 0.457 e. The first kappa shape index (κ1) is 15.8. The van der Waals surface area contributed by atoms with Crippen LogP contribution in [0.15, 0.2) is 22.7 Å². The summed E-state index contributed by atoms with van der Waals surface area (Å²) in [4.78, 5) is 11.3. The summed E-state index contributed by atoms with van der Waals surface area (Å²) >= 11 is 19.4. The van der Waals surface area contributed by atoms with E-state index < -0.39 is 9.76 Å². The van der Waals surface area contributed by atoms with Gasteiger partial charge in [-0.3, -0.25) is 0 Å². The quantitative estimate of drug-likeness (QED) is 0.565. The van der Waals surface area contributed by atoms with Gasteiger partial charge in [-0.2, -0.15) is 0 Å². The molecule has 0 spiro atoms. The van der Waals surface area contributed by atoms with Crippen LogP contribution >= 0.6 is 50.7 Å². The van der Waals surface area contributed by atoms with Crippen molar-refractivity contribution in [2.45, 2.75) is 3.79 Å². The minimum Gasteiger partial charge on any atom is -0.457 e. The SMILES string of the molecule is O=C(OC/C(Br)=C/c1ccc2c(c1)OCO2)C(Cl)(Cl)Cl. The highest BCUT2D eigenvalue weighted by atomic mass is 79.9. The van der Waals surface area contributed by atoms with E-state index in [1.165, 1.54) is 0 Å². The van der Waals surface area contributed by atoms with E-state index in [0.717, 1.165) is 5.56 Å². The van der Waals surface area contributed by atoms with Crippen LogP contribution in [0.5, 0.6) is 11.5 Å². The summed E-state index contributed by atoms with van der Waals surface area (Å²) in [6, 6.07) is 5.44. The minimum atomic E-state index is -2.08. The smallest absolute Gasteiger partial charge is 0.358 e. The van der Waals surface area contributed by atoms with Crippen LogP contribution in [0.1, 0.15) is 5.56 Å². The maximum Gasteiger partial charge on any atom is 0.358 e. The standard InChI is InChI=1S/C12H8BrCl3O4/c13-8(5-18-11(17)12(14,15)16)3-7-1-2-9-10(4-7)20-6-19-9/h1-4H,5-6H2/b8-3-. The Kier molecular flexibility index (Phi) is 5.07. The zero-order chi connectivity index (χ0) is 14.8. The Morgan fingerprint density at radius 3 is 2.75 bits per heavy atom. The lowest BCUT2D eigenvalue weighted by molar-refractivity contribution is -0.141. The molecule has 0 amide bonds. The molecule has 0 aromatic heterocycles. The fourth-order valence-electron chi connectivity index (χ4n) is 1.44. The monoisotopic (exact) mass is 400 g/mol. The molecule has 0 bridgehead atoms. The van der Waals surface area contributed by atoms with E-state index in [9.17, 15) is 4.79 Å². The number of rotatable bonds is 3. The van der Waals surface area contributed by atoms with E-state index in [4.69, 9.17) is 49.0 Å². The molecule has 0 saturated carbocycles. The predicted octanol–water partition coefficient (Wildman–Crippen LogP) is 4.06. The van der Waals surface area contributed by atoms with E-state index in [-0.39, 0.29) is 13.4 Å². The number of carbonyl (C=O) groups excluding carboxylic acids is 1. The van der Waals surface area contributed by atoms with E-state index in [1.54, 1.807) is 18.2 Å². The summed E-state index contributed by atoms with van der Waals surface area (Å²) in [7, 11) is 0. The highest BCUT2D eigenvalue weighted by molar-refractivity contribution is 9.11. The van der Waals surface area contributed by atoms with Gasteiger partial charge in [0, 0.05) is 4.48 Å². The summed E-state index contributed by atoms with van der Waals surface area (Å²) in [5, 5.41) is 0. The van der Waals surface area contributed by atoms with Gasteiger partial charge in [-0.1, -0.05) is 56.8 Å². The van der Waals surface area contributed by atoms with E-state index in [0.29, 0.717) is 16.0 Å². The molecule has 4 nitrogen and oxygen atoms in total. The van der Waals surface area contributed by atoms with Gasteiger partial charge in [-0.15, -0.1) is 0 Å². The molecule has 0 N–H and O–H groups in total. The predicted molar refractivity (Wildman–Crippen MR) is 80.7 cm³/mol. The normalized spacial score (nSPS) is 14.3. The van der Waals surface area contributed by atoms with Crippen molar-refractivity contribution < 1.29 is 19.0 Å². The van der Waals surface area contributed by atoms with Crippen molar-refractivity contribution in [3.05, 3.63) is 28.2 Å². The van der Waals surface area contributed by atoms with Gasteiger partial charge < -0.3 is 14.2 Å². The molecule has 1 aliphatic heterocycles. The first-order valence-corrected chi connectivity index (χ1v) is 7.28. The van der Waals surface area contributed by atoms with Crippen LogP contribution < -0.4 is 9.47 Å². The van der Waals surface area contributed by atoms with Gasteiger partial charge in [0.1, 0.15) is 6.61 Å². The van der Waals surface area contributed by atoms with Gasteiger partial charge in [0.25, 0.3) is 3.79 Å². The lowest BCUT2D eigenvalue weighted by Crippen LogP contribution is -2.22. The molecule has 20 heavy (non-hydrogen) atoms. The van der Waals surface area contributed by atoms with Gasteiger partial charge >= 0.3 is 5.97 Å². The number of alkyl halides is 3. The first-order valence-electron chi connectivity index (χ1n) is 5.36. The number of carbonyl (C=O) groups is 1. The van der Waals surface area contributed by atoms with Crippen LogP contribution in [-0.4, -0.2) is 23.2 Å².